The Balaban J connectivity index is 2.01. The maximum atomic E-state index is 11.5. The van der Waals surface area contributed by atoms with E-state index in [0.717, 1.165) is 5.56 Å². The van der Waals surface area contributed by atoms with Crippen LogP contribution in [0.2, 0.25) is 0 Å². The lowest BCUT2D eigenvalue weighted by atomic mass is 10.1. The summed E-state index contributed by atoms with van der Waals surface area (Å²) in [7, 11) is 3.10. The van der Waals surface area contributed by atoms with Gasteiger partial charge in [0.15, 0.2) is 17.2 Å². The molecule has 3 rings (SSSR count). The highest BCUT2D eigenvalue weighted by Crippen LogP contribution is 2.41. The number of benzene rings is 1. The van der Waals surface area contributed by atoms with E-state index < -0.39 is 0 Å². The molecule has 1 N–H and O–H groups in total. The van der Waals surface area contributed by atoms with Crippen LogP contribution in [0.15, 0.2) is 24.3 Å². The van der Waals surface area contributed by atoms with Crippen LogP contribution in [0.1, 0.15) is 10.5 Å². The fourth-order valence-corrected chi connectivity index (χ4v) is 2.02. The highest BCUT2D eigenvalue weighted by molar-refractivity contribution is 5.92. The second-order valence-corrected chi connectivity index (χ2v) is 4.29. The summed E-state index contributed by atoms with van der Waals surface area (Å²) in [6.07, 6.45) is 0. The van der Waals surface area contributed by atoms with Gasteiger partial charge in [-0.3, -0.25) is 4.79 Å². The fourth-order valence-electron chi connectivity index (χ4n) is 2.02. The molecular weight excluding hydrogens is 274 g/mol. The molecule has 0 spiro atoms. The lowest BCUT2D eigenvalue weighted by Gasteiger charge is -2.09. The normalized spacial score (nSPS) is 12.1. The molecule has 2 aromatic rings. The number of fused-ring (bicyclic) bond motifs is 1. The molecule has 0 unspecified atom stereocenters. The number of rotatable bonds is 3. The Morgan fingerprint density at radius 2 is 2.00 bits per heavy atom. The third-order valence-corrected chi connectivity index (χ3v) is 3.09. The zero-order valence-electron chi connectivity index (χ0n) is 11.5. The van der Waals surface area contributed by atoms with Crippen molar-refractivity contribution in [2.24, 2.45) is 0 Å². The Kier molecular flexibility index (Phi) is 3.31. The minimum Gasteiger partial charge on any atom is -0.496 e. The second kappa shape index (κ2) is 5.28. The predicted octanol–water partition coefficient (Wildman–Crippen LogP) is 1.24. The molecule has 1 amide bonds. The molecule has 1 aromatic heterocycles. The third-order valence-electron chi connectivity index (χ3n) is 3.09. The van der Waals surface area contributed by atoms with E-state index in [2.05, 4.69) is 15.5 Å². The van der Waals surface area contributed by atoms with Crippen molar-refractivity contribution in [2.45, 2.75) is 0 Å². The molecule has 1 aliphatic heterocycles. The van der Waals surface area contributed by atoms with Gasteiger partial charge in [0, 0.05) is 18.7 Å². The smallest absolute Gasteiger partial charge is 0.271 e. The van der Waals surface area contributed by atoms with Crippen molar-refractivity contribution < 1.29 is 19.0 Å². The van der Waals surface area contributed by atoms with E-state index in [4.69, 9.17) is 14.2 Å². The molecule has 7 nitrogen and oxygen atoms in total. The molecule has 1 aromatic carbocycles. The number of hydrogen-bond donors (Lipinski definition) is 1. The Morgan fingerprint density at radius 1 is 1.24 bits per heavy atom. The molecular formula is C14H13N3O4. The molecule has 0 radical (unpaired) electrons. The average Bonchev–Trinajstić information content (AvgIpc) is 3.00. The molecule has 0 saturated carbocycles. The monoisotopic (exact) mass is 287 g/mol. The van der Waals surface area contributed by atoms with Crippen molar-refractivity contribution in [3.8, 4) is 28.5 Å². The summed E-state index contributed by atoms with van der Waals surface area (Å²) in [6.45, 7) is 0.184. The topological polar surface area (TPSA) is 82.6 Å². The number of aromatic nitrogens is 2. The number of amides is 1. The Morgan fingerprint density at radius 3 is 2.62 bits per heavy atom. The van der Waals surface area contributed by atoms with Crippen molar-refractivity contribution in [1.29, 1.82) is 0 Å². The first kappa shape index (κ1) is 13.2. The van der Waals surface area contributed by atoms with Gasteiger partial charge in [-0.05, 0) is 18.2 Å². The van der Waals surface area contributed by atoms with Crippen LogP contribution in [0.3, 0.4) is 0 Å². The standard InChI is InChI=1S/C14H13N3O4/c1-15-14(18)10-4-3-9(16-17-10)8-5-12-13(21-7-20-12)6-11(8)19-2/h3-6H,7H2,1-2H3,(H,15,18). The summed E-state index contributed by atoms with van der Waals surface area (Å²) in [6, 6.07) is 6.83. The first-order valence-corrected chi connectivity index (χ1v) is 6.26. The highest BCUT2D eigenvalue weighted by Gasteiger charge is 2.19. The average molecular weight is 287 g/mol. The first-order chi connectivity index (χ1) is 10.2. The molecule has 0 fully saturated rings. The van der Waals surface area contributed by atoms with Gasteiger partial charge >= 0.3 is 0 Å². The van der Waals surface area contributed by atoms with E-state index in [-0.39, 0.29) is 18.4 Å². The van der Waals surface area contributed by atoms with Gasteiger partial charge in [-0.1, -0.05) is 0 Å². The van der Waals surface area contributed by atoms with E-state index in [1.165, 1.54) is 0 Å². The van der Waals surface area contributed by atoms with Crippen molar-refractivity contribution in [3.63, 3.8) is 0 Å². The van der Waals surface area contributed by atoms with Gasteiger partial charge in [-0.25, -0.2) is 0 Å². The number of nitrogens with zero attached hydrogens (tertiary/aromatic N) is 2. The van der Waals surface area contributed by atoms with Crippen molar-refractivity contribution in [3.05, 3.63) is 30.0 Å². The number of carbonyl (C=O) groups is 1. The molecule has 0 atom stereocenters. The Hall–Kier alpha value is -2.83. The minimum absolute atomic E-state index is 0.184. The van der Waals surface area contributed by atoms with Gasteiger partial charge in [0.1, 0.15) is 5.75 Å². The minimum atomic E-state index is -0.285. The zero-order valence-corrected chi connectivity index (χ0v) is 11.5. The maximum Gasteiger partial charge on any atom is 0.271 e. The largest absolute Gasteiger partial charge is 0.496 e. The molecule has 0 aliphatic carbocycles. The maximum absolute atomic E-state index is 11.5. The van der Waals surface area contributed by atoms with E-state index in [1.54, 1.807) is 38.4 Å². The number of nitrogens with one attached hydrogen (secondary N) is 1. The van der Waals surface area contributed by atoms with Crippen LogP contribution in [0, 0.1) is 0 Å². The van der Waals surface area contributed by atoms with Crippen molar-refractivity contribution in [1.82, 2.24) is 15.5 Å². The summed E-state index contributed by atoms with van der Waals surface area (Å²) < 4.78 is 16.0. The number of carbonyl (C=O) groups excluding carboxylic acids is 1. The van der Waals surface area contributed by atoms with E-state index in [9.17, 15) is 4.79 Å². The molecule has 1 aliphatic rings. The SMILES string of the molecule is CNC(=O)c1ccc(-c2cc3c(cc2OC)OCO3)nn1. The quantitative estimate of drug-likeness (QED) is 0.914. The number of ether oxygens (including phenoxy) is 3. The fraction of sp³-hybridized carbons (Fsp3) is 0.214. The second-order valence-electron chi connectivity index (χ2n) is 4.29. The summed E-state index contributed by atoms with van der Waals surface area (Å²) in [5.41, 5.74) is 1.55. The van der Waals surface area contributed by atoms with Crippen LogP contribution in [-0.4, -0.2) is 37.1 Å². The van der Waals surface area contributed by atoms with E-state index in [0.29, 0.717) is 22.9 Å². The molecule has 0 saturated heterocycles. The first-order valence-electron chi connectivity index (χ1n) is 6.26. The summed E-state index contributed by atoms with van der Waals surface area (Å²) >= 11 is 0. The molecule has 7 heteroatoms. The van der Waals surface area contributed by atoms with Gasteiger partial charge in [0.2, 0.25) is 6.79 Å². The van der Waals surface area contributed by atoms with E-state index >= 15 is 0 Å². The van der Waals surface area contributed by atoms with Gasteiger partial charge in [-0.15, -0.1) is 10.2 Å². The predicted molar refractivity (Wildman–Crippen MR) is 73.5 cm³/mol. The van der Waals surface area contributed by atoms with Crippen LogP contribution in [-0.2, 0) is 0 Å². The third kappa shape index (κ3) is 2.33. The summed E-state index contributed by atoms with van der Waals surface area (Å²) in [5.74, 6) is 1.57. The molecule has 2 heterocycles. The van der Waals surface area contributed by atoms with Gasteiger partial charge in [0.25, 0.3) is 5.91 Å². The highest BCUT2D eigenvalue weighted by atomic mass is 16.7. The summed E-state index contributed by atoms with van der Waals surface area (Å²) in [4.78, 5) is 11.5. The lowest BCUT2D eigenvalue weighted by Crippen LogP contribution is -2.19. The van der Waals surface area contributed by atoms with Crippen molar-refractivity contribution in [2.75, 3.05) is 21.0 Å². The van der Waals surface area contributed by atoms with Crippen LogP contribution >= 0.6 is 0 Å². The van der Waals surface area contributed by atoms with Crippen LogP contribution in [0.5, 0.6) is 17.2 Å². The number of hydrogen-bond acceptors (Lipinski definition) is 6. The van der Waals surface area contributed by atoms with Crippen LogP contribution in [0.4, 0.5) is 0 Å². The van der Waals surface area contributed by atoms with Crippen LogP contribution in [0.25, 0.3) is 11.3 Å². The van der Waals surface area contributed by atoms with Gasteiger partial charge in [0.05, 0.1) is 12.8 Å². The number of methoxy groups -OCH3 is 1. The Bertz CT molecular complexity index is 685. The van der Waals surface area contributed by atoms with E-state index in [1.807, 2.05) is 0 Å². The van der Waals surface area contributed by atoms with Crippen molar-refractivity contribution >= 4 is 5.91 Å². The van der Waals surface area contributed by atoms with Gasteiger partial charge in [-0.2, -0.15) is 0 Å². The summed E-state index contributed by atoms with van der Waals surface area (Å²) in [5, 5.41) is 10.5. The molecule has 108 valence electrons. The Labute approximate surface area is 120 Å². The molecule has 21 heavy (non-hydrogen) atoms. The molecule has 0 bridgehead atoms. The van der Waals surface area contributed by atoms with Crippen LogP contribution < -0.4 is 19.5 Å². The lowest BCUT2D eigenvalue weighted by molar-refractivity contribution is 0.0957. The van der Waals surface area contributed by atoms with Gasteiger partial charge < -0.3 is 19.5 Å². The zero-order chi connectivity index (χ0) is 14.8.